The molecule has 1 aliphatic rings. The maximum Gasteiger partial charge on any atom is 0.321 e. The highest BCUT2D eigenvalue weighted by atomic mass is 16.5. The third-order valence-electron chi connectivity index (χ3n) is 4.60. The first-order chi connectivity index (χ1) is 13.1. The van der Waals surface area contributed by atoms with Gasteiger partial charge in [0.15, 0.2) is 5.78 Å². The van der Waals surface area contributed by atoms with E-state index in [0.29, 0.717) is 30.9 Å². The Hall–Kier alpha value is -3.02. The van der Waals surface area contributed by atoms with Crippen LogP contribution in [0.15, 0.2) is 48.5 Å². The van der Waals surface area contributed by atoms with Crippen molar-refractivity contribution in [3.63, 3.8) is 0 Å². The Morgan fingerprint density at radius 3 is 2.37 bits per heavy atom. The minimum atomic E-state index is -0.137. The van der Waals surface area contributed by atoms with Crippen LogP contribution in [0.3, 0.4) is 0 Å². The van der Waals surface area contributed by atoms with Gasteiger partial charge in [0.05, 0.1) is 6.61 Å². The van der Waals surface area contributed by atoms with Crippen LogP contribution in [0.2, 0.25) is 0 Å². The van der Waals surface area contributed by atoms with Crippen LogP contribution < -0.4 is 15.0 Å². The van der Waals surface area contributed by atoms with Crippen LogP contribution in [-0.2, 0) is 0 Å². The first kappa shape index (κ1) is 18.8. The Morgan fingerprint density at radius 1 is 1.04 bits per heavy atom. The molecule has 3 rings (SSSR count). The van der Waals surface area contributed by atoms with Gasteiger partial charge in [0.2, 0.25) is 0 Å². The highest BCUT2D eigenvalue weighted by molar-refractivity contribution is 5.96. The van der Waals surface area contributed by atoms with Gasteiger partial charge in [0, 0.05) is 43.1 Å². The number of ketones is 1. The van der Waals surface area contributed by atoms with Crippen molar-refractivity contribution < 1.29 is 14.3 Å². The van der Waals surface area contributed by atoms with Crippen LogP contribution in [0.4, 0.5) is 16.2 Å². The molecule has 0 saturated carbocycles. The van der Waals surface area contributed by atoms with E-state index in [1.165, 1.54) is 6.92 Å². The van der Waals surface area contributed by atoms with Gasteiger partial charge in [-0.2, -0.15) is 0 Å². The lowest BCUT2D eigenvalue weighted by Crippen LogP contribution is -2.50. The third-order valence-corrected chi connectivity index (χ3v) is 4.60. The van der Waals surface area contributed by atoms with E-state index in [2.05, 4.69) is 10.2 Å². The summed E-state index contributed by atoms with van der Waals surface area (Å²) in [5.74, 6) is 0.849. The summed E-state index contributed by atoms with van der Waals surface area (Å²) in [7, 11) is 0. The second-order valence-electron chi connectivity index (χ2n) is 6.47. The first-order valence-electron chi connectivity index (χ1n) is 9.21. The Bertz CT molecular complexity index is 797. The van der Waals surface area contributed by atoms with Crippen molar-refractivity contribution in [2.75, 3.05) is 43.0 Å². The summed E-state index contributed by atoms with van der Waals surface area (Å²) in [6.45, 7) is 6.97. The Morgan fingerprint density at radius 2 is 1.74 bits per heavy atom. The molecule has 0 unspecified atom stereocenters. The molecular formula is C21H25N3O3. The number of hydrogen-bond acceptors (Lipinski definition) is 4. The number of rotatable bonds is 5. The molecule has 2 aromatic carbocycles. The first-order valence-corrected chi connectivity index (χ1v) is 9.21. The third kappa shape index (κ3) is 4.78. The van der Waals surface area contributed by atoms with E-state index >= 15 is 0 Å². The molecule has 0 aliphatic carbocycles. The number of carbonyl (C=O) groups excluding carboxylic acids is 2. The number of urea groups is 1. The molecular weight excluding hydrogens is 342 g/mol. The number of amides is 2. The molecule has 1 heterocycles. The number of nitrogens with zero attached hydrogens (tertiary/aromatic N) is 2. The molecule has 1 aliphatic heterocycles. The standard InChI is InChI=1S/C21H25N3O3/c1-3-27-20-9-7-19(8-10-20)23-11-13-24(14-12-23)21(26)22-18-6-4-5-17(15-18)16(2)25/h4-10,15H,3,11-14H2,1-2H3,(H,22,26). The molecule has 1 saturated heterocycles. The lowest BCUT2D eigenvalue weighted by molar-refractivity contribution is 0.101. The molecule has 27 heavy (non-hydrogen) atoms. The predicted molar refractivity (Wildman–Crippen MR) is 107 cm³/mol. The maximum absolute atomic E-state index is 12.5. The Kier molecular flexibility index (Phi) is 5.96. The molecule has 142 valence electrons. The largest absolute Gasteiger partial charge is 0.494 e. The van der Waals surface area contributed by atoms with Gasteiger partial charge in [0.1, 0.15) is 5.75 Å². The fraction of sp³-hybridized carbons (Fsp3) is 0.333. The summed E-state index contributed by atoms with van der Waals surface area (Å²) in [5, 5.41) is 2.88. The average Bonchev–Trinajstić information content (AvgIpc) is 2.69. The zero-order chi connectivity index (χ0) is 19.2. The molecule has 0 atom stereocenters. The summed E-state index contributed by atoms with van der Waals surface area (Å²) in [4.78, 5) is 28.0. The van der Waals surface area contributed by atoms with Crippen molar-refractivity contribution >= 4 is 23.2 Å². The molecule has 0 spiro atoms. The highest BCUT2D eigenvalue weighted by Crippen LogP contribution is 2.21. The Balaban J connectivity index is 1.54. The van der Waals surface area contributed by atoms with Gasteiger partial charge < -0.3 is 19.9 Å². The SMILES string of the molecule is CCOc1ccc(N2CCN(C(=O)Nc3cccc(C(C)=O)c3)CC2)cc1. The van der Waals surface area contributed by atoms with E-state index in [1.807, 2.05) is 31.2 Å². The number of hydrogen-bond donors (Lipinski definition) is 1. The summed E-state index contributed by atoms with van der Waals surface area (Å²) in [6.07, 6.45) is 0. The number of nitrogens with one attached hydrogen (secondary N) is 1. The molecule has 2 amide bonds. The van der Waals surface area contributed by atoms with Gasteiger partial charge in [-0.1, -0.05) is 12.1 Å². The van der Waals surface area contributed by atoms with Gasteiger partial charge >= 0.3 is 6.03 Å². The van der Waals surface area contributed by atoms with Crippen molar-refractivity contribution in [2.45, 2.75) is 13.8 Å². The number of anilines is 2. The van der Waals surface area contributed by atoms with Crippen molar-refractivity contribution in [2.24, 2.45) is 0 Å². The molecule has 1 N–H and O–H groups in total. The number of Topliss-reactive ketones (excluding diaryl/α,β-unsaturated/α-hetero) is 1. The van der Waals surface area contributed by atoms with Crippen LogP contribution >= 0.6 is 0 Å². The number of ether oxygens (including phenoxy) is 1. The zero-order valence-electron chi connectivity index (χ0n) is 15.8. The lowest BCUT2D eigenvalue weighted by atomic mass is 10.1. The van der Waals surface area contributed by atoms with Crippen molar-refractivity contribution in [3.05, 3.63) is 54.1 Å². The van der Waals surface area contributed by atoms with E-state index in [1.54, 1.807) is 29.2 Å². The summed E-state index contributed by atoms with van der Waals surface area (Å²) < 4.78 is 5.48. The fourth-order valence-corrected chi connectivity index (χ4v) is 3.11. The van der Waals surface area contributed by atoms with Crippen molar-refractivity contribution in [1.29, 1.82) is 0 Å². The summed E-state index contributed by atoms with van der Waals surface area (Å²) >= 11 is 0. The lowest BCUT2D eigenvalue weighted by Gasteiger charge is -2.36. The van der Waals surface area contributed by atoms with E-state index in [0.717, 1.165) is 24.5 Å². The van der Waals surface area contributed by atoms with Gasteiger partial charge in [-0.25, -0.2) is 4.79 Å². The topological polar surface area (TPSA) is 61.9 Å². The summed E-state index contributed by atoms with van der Waals surface area (Å²) in [5.41, 5.74) is 2.36. The van der Waals surface area contributed by atoms with Gasteiger partial charge in [-0.05, 0) is 50.2 Å². The predicted octanol–water partition coefficient (Wildman–Crippen LogP) is 3.64. The molecule has 0 bridgehead atoms. The van der Waals surface area contributed by atoms with E-state index in [-0.39, 0.29) is 11.8 Å². The molecule has 6 nitrogen and oxygen atoms in total. The van der Waals surface area contributed by atoms with Crippen LogP contribution in [0.5, 0.6) is 5.75 Å². The van der Waals surface area contributed by atoms with Crippen LogP contribution in [0.1, 0.15) is 24.2 Å². The monoisotopic (exact) mass is 367 g/mol. The highest BCUT2D eigenvalue weighted by Gasteiger charge is 2.21. The maximum atomic E-state index is 12.5. The van der Waals surface area contributed by atoms with Crippen LogP contribution in [0, 0.1) is 0 Å². The van der Waals surface area contributed by atoms with Crippen molar-refractivity contribution in [3.8, 4) is 5.75 Å². The Labute approximate surface area is 159 Å². The number of carbonyl (C=O) groups is 2. The minimum absolute atomic E-state index is 0.0185. The van der Waals surface area contributed by atoms with E-state index in [4.69, 9.17) is 4.74 Å². The normalized spacial score (nSPS) is 14.0. The van der Waals surface area contributed by atoms with Crippen LogP contribution in [0.25, 0.3) is 0 Å². The van der Waals surface area contributed by atoms with Gasteiger partial charge in [0.25, 0.3) is 0 Å². The van der Waals surface area contributed by atoms with Gasteiger partial charge in [-0.3, -0.25) is 4.79 Å². The van der Waals surface area contributed by atoms with E-state index < -0.39 is 0 Å². The smallest absolute Gasteiger partial charge is 0.321 e. The number of benzene rings is 2. The molecule has 0 radical (unpaired) electrons. The zero-order valence-corrected chi connectivity index (χ0v) is 15.8. The van der Waals surface area contributed by atoms with Gasteiger partial charge in [-0.15, -0.1) is 0 Å². The molecule has 1 fully saturated rings. The second kappa shape index (κ2) is 8.58. The summed E-state index contributed by atoms with van der Waals surface area (Å²) in [6, 6.07) is 14.9. The quantitative estimate of drug-likeness (QED) is 0.820. The average molecular weight is 367 g/mol. The van der Waals surface area contributed by atoms with E-state index in [9.17, 15) is 9.59 Å². The van der Waals surface area contributed by atoms with Crippen molar-refractivity contribution in [1.82, 2.24) is 4.90 Å². The molecule has 2 aromatic rings. The number of piperazine rings is 1. The second-order valence-corrected chi connectivity index (χ2v) is 6.47. The fourth-order valence-electron chi connectivity index (χ4n) is 3.11. The van der Waals surface area contributed by atoms with Crippen LogP contribution in [-0.4, -0.2) is 49.5 Å². The molecule has 0 aromatic heterocycles. The molecule has 6 heteroatoms. The minimum Gasteiger partial charge on any atom is -0.494 e.